The summed E-state index contributed by atoms with van der Waals surface area (Å²) < 4.78 is 95.7. The number of pyridine rings is 1. The van der Waals surface area contributed by atoms with Gasteiger partial charge in [-0.2, -0.15) is 26.3 Å². The van der Waals surface area contributed by atoms with E-state index in [0.717, 1.165) is 30.3 Å². The molecule has 1 amide bonds. The van der Waals surface area contributed by atoms with Crippen LogP contribution in [0.2, 0.25) is 5.02 Å². The third kappa shape index (κ3) is 6.47. The SMILES string of the molecule is CC(=O)N1C[C@H](Nc2cc(C(F)(F)F)nc3ccc(Cl)cc23)C[C@H](NC(c2ccc(F)cc2)C(F)(F)F)C1. The lowest BCUT2D eigenvalue weighted by Gasteiger charge is -2.40. The van der Waals surface area contributed by atoms with Gasteiger partial charge in [0.1, 0.15) is 17.6 Å². The third-order valence-corrected chi connectivity index (χ3v) is 6.48. The molecule has 5 nitrogen and oxygen atoms in total. The number of carbonyl (C=O) groups excluding carboxylic acids is 1. The first-order valence-electron chi connectivity index (χ1n) is 11.5. The smallest absolute Gasteiger partial charge is 0.380 e. The zero-order chi connectivity index (χ0) is 27.8. The molecule has 3 aromatic rings. The molecule has 1 fully saturated rings. The van der Waals surface area contributed by atoms with Gasteiger partial charge in [-0.25, -0.2) is 9.37 Å². The summed E-state index contributed by atoms with van der Waals surface area (Å²) in [5.74, 6) is -1.10. The number of amides is 1. The van der Waals surface area contributed by atoms with Crippen LogP contribution in [0.3, 0.4) is 0 Å². The summed E-state index contributed by atoms with van der Waals surface area (Å²) in [6, 6.07) is 5.10. The van der Waals surface area contributed by atoms with Crippen LogP contribution in [0.4, 0.5) is 36.4 Å². The maximum Gasteiger partial charge on any atom is 0.433 e. The molecule has 2 heterocycles. The van der Waals surface area contributed by atoms with Crippen LogP contribution in [-0.4, -0.2) is 47.1 Å². The third-order valence-electron chi connectivity index (χ3n) is 6.25. The topological polar surface area (TPSA) is 57.3 Å². The van der Waals surface area contributed by atoms with Crippen molar-refractivity contribution in [3.63, 3.8) is 0 Å². The summed E-state index contributed by atoms with van der Waals surface area (Å²) in [6.07, 6.45) is -9.44. The Morgan fingerprint density at radius 3 is 2.29 bits per heavy atom. The fraction of sp³-hybridized carbons (Fsp3) is 0.360. The van der Waals surface area contributed by atoms with Crippen molar-refractivity contribution in [1.82, 2.24) is 15.2 Å². The molecule has 204 valence electrons. The fourth-order valence-electron chi connectivity index (χ4n) is 4.53. The molecular formula is C25H22ClF7N4O. The van der Waals surface area contributed by atoms with Gasteiger partial charge in [0.05, 0.1) is 5.52 Å². The molecule has 38 heavy (non-hydrogen) atoms. The van der Waals surface area contributed by atoms with Crippen LogP contribution < -0.4 is 10.6 Å². The lowest BCUT2D eigenvalue weighted by atomic mass is 9.97. The van der Waals surface area contributed by atoms with Gasteiger partial charge >= 0.3 is 12.4 Å². The minimum absolute atomic E-state index is 0.0223. The van der Waals surface area contributed by atoms with Gasteiger partial charge in [0, 0.05) is 48.2 Å². The van der Waals surface area contributed by atoms with Gasteiger partial charge in [0.25, 0.3) is 0 Å². The summed E-state index contributed by atoms with van der Waals surface area (Å²) in [5, 5.41) is 6.03. The number of nitrogens with zero attached hydrogens (tertiary/aromatic N) is 2. The van der Waals surface area contributed by atoms with Crippen molar-refractivity contribution < 1.29 is 35.5 Å². The number of piperidine rings is 1. The number of halogens is 8. The van der Waals surface area contributed by atoms with Crippen molar-refractivity contribution in [3.05, 3.63) is 70.6 Å². The molecule has 0 spiro atoms. The molecule has 1 saturated heterocycles. The zero-order valence-electron chi connectivity index (χ0n) is 19.8. The summed E-state index contributed by atoms with van der Waals surface area (Å²) >= 11 is 6.05. The quantitative estimate of drug-likeness (QED) is 0.356. The van der Waals surface area contributed by atoms with Gasteiger partial charge in [-0.15, -0.1) is 0 Å². The highest BCUT2D eigenvalue weighted by molar-refractivity contribution is 6.31. The molecule has 2 N–H and O–H groups in total. The first-order valence-corrected chi connectivity index (χ1v) is 11.9. The van der Waals surface area contributed by atoms with Crippen LogP contribution in [0.15, 0.2) is 48.5 Å². The van der Waals surface area contributed by atoms with Crippen LogP contribution in [0, 0.1) is 5.82 Å². The largest absolute Gasteiger partial charge is 0.433 e. The van der Waals surface area contributed by atoms with Gasteiger partial charge < -0.3 is 10.2 Å². The Bertz CT molecular complexity index is 1310. The van der Waals surface area contributed by atoms with Crippen molar-refractivity contribution in [1.29, 1.82) is 0 Å². The molecule has 2 aromatic carbocycles. The number of alkyl halides is 6. The summed E-state index contributed by atoms with van der Waals surface area (Å²) in [4.78, 5) is 17.2. The number of hydrogen-bond donors (Lipinski definition) is 2. The average Bonchev–Trinajstić information content (AvgIpc) is 2.82. The van der Waals surface area contributed by atoms with Crippen LogP contribution in [0.1, 0.15) is 30.6 Å². The highest BCUT2D eigenvalue weighted by atomic mass is 35.5. The zero-order valence-corrected chi connectivity index (χ0v) is 20.6. The molecular weight excluding hydrogens is 541 g/mol. The molecule has 1 aliphatic rings. The van der Waals surface area contributed by atoms with Crippen molar-refractivity contribution >= 4 is 34.1 Å². The first kappa shape index (κ1) is 27.9. The number of anilines is 1. The lowest BCUT2D eigenvalue weighted by molar-refractivity contribution is -0.161. The summed E-state index contributed by atoms with van der Waals surface area (Å²) in [6.45, 7) is 1.24. The Morgan fingerprint density at radius 1 is 1.03 bits per heavy atom. The molecule has 0 aliphatic carbocycles. The molecule has 3 atom stereocenters. The molecule has 0 radical (unpaired) electrons. The van der Waals surface area contributed by atoms with Gasteiger partial charge in [-0.3, -0.25) is 10.1 Å². The van der Waals surface area contributed by atoms with Crippen LogP contribution in [-0.2, 0) is 11.0 Å². The predicted octanol–water partition coefficient (Wildman–Crippen LogP) is 6.34. The van der Waals surface area contributed by atoms with Crippen molar-refractivity contribution in [3.8, 4) is 0 Å². The number of nitrogens with one attached hydrogen (secondary N) is 2. The average molecular weight is 563 g/mol. The molecule has 1 unspecified atom stereocenters. The summed E-state index contributed by atoms with van der Waals surface area (Å²) in [5.41, 5.74) is -1.32. The Morgan fingerprint density at radius 2 is 1.68 bits per heavy atom. The van der Waals surface area contributed by atoms with Crippen LogP contribution >= 0.6 is 11.6 Å². The Kier molecular flexibility index (Phi) is 7.76. The number of aromatic nitrogens is 1. The van der Waals surface area contributed by atoms with Gasteiger partial charge in [0.2, 0.25) is 5.91 Å². The minimum Gasteiger partial charge on any atom is -0.380 e. The van der Waals surface area contributed by atoms with E-state index < -0.39 is 47.9 Å². The number of rotatable bonds is 5. The second-order valence-electron chi connectivity index (χ2n) is 9.11. The number of hydrogen-bond acceptors (Lipinski definition) is 4. The van der Waals surface area contributed by atoms with E-state index in [0.29, 0.717) is 0 Å². The molecule has 13 heteroatoms. The summed E-state index contributed by atoms with van der Waals surface area (Å²) in [7, 11) is 0. The van der Waals surface area contributed by atoms with E-state index in [1.165, 1.54) is 30.0 Å². The highest BCUT2D eigenvalue weighted by Crippen LogP contribution is 2.36. The monoisotopic (exact) mass is 562 g/mol. The molecule has 0 saturated carbocycles. The maximum atomic E-state index is 14.0. The highest BCUT2D eigenvalue weighted by Gasteiger charge is 2.43. The van der Waals surface area contributed by atoms with Crippen molar-refractivity contribution in [2.75, 3.05) is 18.4 Å². The molecule has 1 aromatic heterocycles. The van der Waals surface area contributed by atoms with E-state index in [1.54, 1.807) is 0 Å². The lowest BCUT2D eigenvalue weighted by Crippen LogP contribution is -2.56. The van der Waals surface area contributed by atoms with Crippen molar-refractivity contribution in [2.45, 2.75) is 43.8 Å². The minimum atomic E-state index is -4.75. The van der Waals surface area contributed by atoms with E-state index in [1.807, 2.05) is 0 Å². The van der Waals surface area contributed by atoms with Gasteiger partial charge in [0.15, 0.2) is 0 Å². The second-order valence-corrected chi connectivity index (χ2v) is 9.54. The number of fused-ring (bicyclic) bond motifs is 1. The van der Waals surface area contributed by atoms with Gasteiger partial charge in [-0.1, -0.05) is 23.7 Å². The molecule has 0 bridgehead atoms. The number of likely N-dealkylation sites (tertiary alicyclic amines) is 1. The van der Waals surface area contributed by atoms with E-state index in [4.69, 9.17) is 11.6 Å². The Balaban J connectivity index is 1.65. The fourth-order valence-corrected chi connectivity index (χ4v) is 4.71. The second kappa shape index (κ2) is 10.6. The Hall–Kier alpha value is -3.12. The van der Waals surface area contributed by atoms with E-state index in [2.05, 4.69) is 15.6 Å². The molecule has 4 rings (SSSR count). The van der Waals surface area contributed by atoms with Crippen molar-refractivity contribution in [2.24, 2.45) is 0 Å². The first-order chi connectivity index (χ1) is 17.7. The molecule has 1 aliphatic heterocycles. The van der Waals surface area contributed by atoms with Crippen LogP contribution in [0.25, 0.3) is 10.9 Å². The number of carbonyl (C=O) groups is 1. The normalized spacial score (nSPS) is 19.4. The van der Waals surface area contributed by atoms with E-state index in [9.17, 15) is 35.5 Å². The van der Waals surface area contributed by atoms with Gasteiger partial charge in [-0.05, 0) is 48.4 Å². The van der Waals surface area contributed by atoms with E-state index in [-0.39, 0.29) is 46.7 Å². The standard InChI is InChI=1S/C25H22ClF7N4O/c1-13(38)37-11-17(9-18(12-37)35-23(25(31,32)33)14-2-5-16(27)6-3-14)34-21-10-22(24(28,29)30)36-20-7-4-15(26)8-19(20)21/h2-8,10,17-18,23,35H,9,11-12H2,1H3,(H,34,36)/t17-,18+,23?/m1/s1. The number of benzene rings is 2. The van der Waals surface area contributed by atoms with E-state index >= 15 is 0 Å². The Labute approximate surface area is 218 Å². The predicted molar refractivity (Wildman–Crippen MR) is 128 cm³/mol. The maximum absolute atomic E-state index is 14.0. The van der Waals surface area contributed by atoms with Crippen LogP contribution in [0.5, 0.6) is 0 Å².